The summed E-state index contributed by atoms with van der Waals surface area (Å²) >= 11 is 0. The molecule has 3 aromatic carbocycles. The molecule has 303 valence electrons. The first-order valence-electron chi connectivity index (χ1n) is 15.8. The van der Waals surface area contributed by atoms with Crippen molar-refractivity contribution in [1.82, 2.24) is 0 Å². The normalized spacial score (nSPS) is 4.19. The van der Waals surface area contributed by atoms with Gasteiger partial charge in [0.25, 0.3) is 0 Å². The van der Waals surface area contributed by atoms with Crippen molar-refractivity contribution < 1.29 is 294 Å². The minimum atomic E-state index is 0. The zero-order valence-corrected chi connectivity index (χ0v) is 66.5. The summed E-state index contributed by atoms with van der Waals surface area (Å²) in [6.07, 6.45) is 2.50. The molecule has 0 amide bonds. The molecule has 0 heterocycles. The Bertz CT molecular complexity index is 352. The molecule has 3 aromatic rings. The van der Waals surface area contributed by atoms with E-state index < -0.39 is 0 Å². The molecular formula is C44H94Y9-6. The second kappa shape index (κ2) is 269. The van der Waals surface area contributed by atoms with Crippen LogP contribution in [0.2, 0.25) is 0 Å². The molecule has 9 heteroatoms. The average molecular weight is 1420 g/mol. The van der Waals surface area contributed by atoms with Crippen LogP contribution in [0.1, 0.15) is 137 Å². The smallest absolute Gasteiger partial charge is 0 e. The van der Waals surface area contributed by atoms with Crippen molar-refractivity contribution >= 4 is 0 Å². The molecule has 3 rings (SSSR count). The SMILES string of the molecule is CC.CC.CC.CC.CC.CC.CC.CCC.CCC.[CH3-].[CH3-].[CH3-].[CH3-].[CH3-].[CH3-].[Y].[Y].[Y].[Y].[Y].[Y].[Y].[Y].[Y].c1ccccc1.c1ccccc1.c1ccccc1. The van der Waals surface area contributed by atoms with Gasteiger partial charge in [0.15, 0.2) is 0 Å². The number of rotatable bonds is 0. The van der Waals surface area contributed by atoms with Crippen LogP contribution in [0.25, 0.3) is 0 Å². The number of hydrogen-bond acceptors (Lipinski definition) is 0. The molecule has 0 nitrogen and oxygen atoms in total. The van der Waals surface area contributed by atoms with E-state index in [0.29, 0.717) is 0 Å². The van der Waals surface area contributed by atoms with Crippen molar-refractivity contribution in [2.24, 2.45) is 0 Å². The van der Waals surface area contributed by atoms with E-state index in [9.17, 15) is 0 Å². The summed E-state index contributed by atoms with van der Waals surface area (Å²) in [6, 6.07) is 36.0. The van der Waals surface area contributed by atoms with Crippen LogP contribution in [0.15, 0.2) is 109 Å². The Morgan fingerprint density at radius 1 is 0.170 bits per heavy atom. The van der Waals surface area contributed by atoms with Crippen LogP contribution in [-0.2, 0) is 294 Å². The summed E-state index contributed by atoms with van der Waals surface area (Å²) < 4.78 is 0. The maximum atomic E-state index is 2.12. The van der Waals surface area contributed by atoms with Gasteiger partial charge in [0.05, 0.1) is 0 Å². The molecule has 0 saturated heterocycles. The molecule has 0 aliphatic carbocycles. The van der Waals surface area contributed by atoms with Gasteiger partial charge >= 0.3 is 0 Å². The summed E-state index contributed by atoms with van der Waals surface area (Å²) in [5.41, 5.74) is 0. The van der Waals surface area contributed by atoms with Crippen LogP contribution in [0.4, 0.5) is 0 Å². The van der Waals surface area contributed by atoms with Gasteiger partial charge in [-0.25, -0.2) is 0 Å². The summed E-state index contributed by atoms with van der Waals surface area (Å²) in [7, 11) is 0. The van der Waals surface area contributed by atoms with Crippen molar-refractivity contribution in [3.8, 4) is 0 Å². The first-order valence-corrected chi connectivity index (χ1v) is 15.8. The fourth-order valence-corrected chi connectivity index (χ4v) is 1.15. The van der Waals surface area contributed by atoms with Crippen molar-refractivity contribution in [3.63, 3.8) is 0 Å². The third kappa shape index (κ3) is 302. The van der Waals surface area contributed by atoms with Crippen LogP contribution >= 0.6 is 0 Å². The predicted octanol–water partition coefficient (Wildman–Crippen LogP) is 17.8. The number of hydrogen-bond donors (Lipinski definition) is 0. The van der Waals surface area contributed by atoms with Gasteiger partial charge in [0.1, 0.15) is 0 Å². The Labute approximate surface area is 573 Å². The van der Waals surface area contributed by atoms with Gasteiger partial charge in [0, 0.05) is 294 Å². The van der Waals surface area contributed by atoms with E-state index in [4.69, 9.17) is 0 Å². The molecule has 0 bridgehead atoms. The first-order chi connectivity index (χ1) is 18.8. The Morgan fingerprint density at radius 2 is 0.189 bits per heavy atom. The molecule has 0 aliphatic heterocycles. The maximum Gasteiger partial charge on any atom is 0 e. The van der Waals surface area contributed by atoms with Crippen molar-refractivity contribution in [2.75, 3.05) is 0 Å². The summed E-state index contributed by atoms with van der Waals surface area (Å²) in [5.74, 6) is 0. The standard InChI is InChI=1S/3C6H6.2C3H8.7C2H6.6CH3.9Y/c3*1-2-4-6-5-3-1;2*1-3-2;7*1-2;;;;;;;;;;;;;;;/h3*1-6H;2*3H2,1-2H3;7*1-2H3;6*1H3;;;;;;;;;/q;;;;;;;;;;;;6*-1;;;;;;;;;. The van der Waals surface area contributed by atoms with Crippen LogP contribution in [0.3, 0.4) is 0 Å². The predicted molar refractivity (Wildman–Crippen MR) is 229 cm³/mol. The molecule has 0 saturated carbocycles. The van der Waals surface area contributed by atoms with E-state index in [1.165, 1.54) is 12.8 Å². The molecule has 0 atom stereocenters. The molecule has 53 heavy (non-hydrogen) atoms. The fourth-order valence-electron chi connectivity index (χ4n) is 1.15. The average Bonchev–Trinajstić information content (AvgIpc) is 3.08. The van der Waals surface area contributed by atoms with E-state index in [-0.39, 0.29) is 339 Å². The fraction of sp³-hybridized carbons (Fsp3) is 0.455. The third-order valence-electron chi connectivity index (χ3n) is 2.00. The van der Waals surface area contributed by atoms with Gasteiger partial charge < -0.3 is 44.6 Å². The summed E-state index contributed by atoms with van der Waals surface area (Å²) in [5, 5.41) is 0. The molecule has 0 unspecified atom stereocenters. The van der Waals surface area contributed by atoms with Crippen LogP contribution < -0.4 is 0 Å². The minimum absolute atomic E-state index is 0. The van der Waals surface area contributed by atoms with Gasteiger partial charge in [-0.3, -0.25) is 0 Å². The third-order valence-corrected chi connectivity index (χ3v) is 2.00. The molecule has 0 N–H and O–H groups in total. The van der Waals surface area contributed by atoms with E-state index in [0.717, 1.165) is 0 Å². The Balaban J connectivity index is -0.00000000791. The van der Waals surface area contributed by atoms with Gasteiger partial charge in [-0.2, -0.15) is 0 Å². The molecule has 0 spiro atoms. The zero-order valence-electron chi connectivity index (χ0n) is 41.0. The van der Waals surface area contributed by atoms with Crippen molar-refractivity contribution in [3.05, 3.63) is 154 Å². The largest absolute Gasteiger partial charge is 0.358 e. The molecule has 9 radical (unpaired) electrons. The Morgan fingerprint density at radius 3 is 0.208 bits per heavy atom. The van der Waals surface area contributed by atoms with Gasteiger partial charge in [0.2, 0.25) is 0 Å². The van der Waals surface area contributed by atoms with E-state index in [1.807, 2.05) is 206 Å². The Hall–Kier alpha value is 7.60. The summed E-state index contributed by atoms with van der Waals surface area (Å²) in [4.78, 5) is 0. The molecule has 0 aromatic heterocycles. The van der Waals surface area contributed by atoms with Gasteiger partial charge in [-0.1, -0.05) is 247 Å². The number of benzene rings is 3. The van der Waals surface area contributed by atoms with Crippen LogP contribution in [-0.4, -0.2) is 0 Å². The van der Waals surface area contributed by atoms with E-state index >= 15 is 0 Å². The Kier molecular flexibility index (Phi) is 815. The van der Waals surface area contributed by atoms with E-state index in [1.54, 1.807) is 0 Å². The van der Waals surface area contributed by atoms with Crippen molar-refractivity contribution in [1.29, 1.82) is 0 Å². The minimum Gasteiger partial charge on any atom is -0.358 e. The monoisotopic (exact) mass is 1420 g/mol. The molecule has 0 fully saturated rings. The molecule has 0 aliphatic rings. The zero-order chi connectivity index (χ0) is 32.1. The topological polar surface area (TPSA) is 0 Å². The maximum absolute atomic E-state index is 2.12. The summed E-state index contributed by atoms with van der Waals surface area (Å²) in [6.45, 7) is 36.5. The van der Waals surface area contributed by atoms with Gasteiger partial charge in [-0.05, 0) is 0 Å². The van der Waals surface area contributed by atoms with E-state index in [2.05, 4.69) is 27.7 Å². The van der Waals surface area contributed by atoms with Crippen LogP contribution in [0.5, 0.6) is 0 Å². The second-order valence-corrected chi connectivity index (χ2v) is 4.88. The van der Waals surface area contributed by atoms with Crippen molar-refractivity contribution in [2.45, 2.75) is 137 Å². The first kappa shape index (κ1) is 161. The molecular weight excluding hydrogens is 1330 g/mol. The van der Waals surface area contributed by atoms with Gasteiger partial charge in [-0.15, -0.1) is 0 Å². The quantitative estimate of drug-likeness (QED) is 0.197. The van der Waals surface area contributed by atoms with Crippen LogP contribution in [0, 0.1) is 44.6 Å². The second-order valence-electron chi connectivity index (χ2n) is 4.88.